The van der Waals surface area contributed by atoms with Gasteiger partial charge in [-0.3, -0.25) is 4.90 Å². The van der Waals surface area contributed by atoms with Gasteiger partial charge in [-0.1, -0.05) is 6.92 Å². The van der Waals surface area contributed by atoms with Crippen LogP contribution in [0.3, 0.4) is 0 Å². The zero-order chi connectivity index (χ0) is 14.1. The van der Waals surface area contributed by atoms with Gasteiger partial charge < -0.3 is 9.47 Å². The van der Waals surface area contributed by atoms with Crippen LogP contribution in [0.2, 0.25) is 0 Å². The van der Waals surface area contributed by atoms with Crippen LogP contribution < -0.4 is 0 Å². The highest BCUT2D eigenvalue weighted by molar-refractivity contribution is 5.11. The van der Waals surface area contributed by atoms with E-state index in [9.17, 15) is 0 Å². The first-order valence-corrected chi connectivity index (χ1v) is 7.82. The van der Waals surface area contributed by atoms with Crippen LogP contribution in [0, 0.1) is 5.92 Å². The van der Waals surface area contributed by atoms with Gasteiger partial charge in [0.2, 0.25) is 0 Å². The Morgan fingerprint density at radius 2 is 1.79 bits per heavy atom. The number of fused-ring (bicyclic) bond motifs is 2. The van der Waals surface area contributed by atoms with Gasteiger partial charge in [0, 0.05) is 31.3 Å². The molecule has 0 aromatic rings. The van der Waals surface area contributed by atoms with Gasteiger partial charge in [0.05, 0.1) is 12.7 Å². The average molecular weight is 269 g/mol. The Bertz CT molecular complexity index is 289. The highest BCUT2D eigenvalue weighted by atomic mass is 16.5. The summed E-state index contributed by atoms with van der Waals surface area (Å²) in [5.74, 6) is 0.607. The van der Waals surface area contributed by atoms with Crippen molar-refractivity contribution < 1.29 is 9.47 Å². The smallest absolute Gasteiger partial charge is 0.0606 e. The molecule has 2 aliphatic rings. The molecule has 2 bridgehead atoms. The number of hydrogen-bond acceptors (Lipinski definition) is 3. The van der Waals surface area contributed by atoms with Gasteiger partial charge in [-0.25, -0.2) is 0 Å². The normalized spacial score (nSPS) is 40.6. The minimum absolute atomic E-state index is 0.328. The van der Waals surface area contributed by atoms with Gasteiger partial charge in [0.1, 0.15) is 0 Å². The van der Waals surface area contributed by atoms with Gasteiger partial charge in [-0.15, -0.1) is 0 Å². The Labute approximate surface area is 118 Å². The standard InChI is InChI=1S/C16H31NO2/c1-6-19-12-13(2)11-17-15(3)7-8-16(17,4)10-14(9-15)18-5/h13-14H,6-12H2,1-5H3/t13-,14-,15-,16+/m1/s1. The summed E-state index contributed by atoms with van der Waals surface area (Å²) in [4.78, 5) is 2.76. The molecule has 0 N–H and O–H groups in total. The first-order chi connectivity index (χ1) is 8.93. The number of hydrogen-bond donors (Lipinski definition) is 0. The lowest BCUT2D eigenvalue weighted by Crippen LogP contribution is -2.59. The summed E-state index contributed by atoms with van der Waals surface area (Å²) in [6, 6.07) is 0. The molecule has 0 saturated carbocycles. The van der Waals surface area contributed by atoms with Crippen LogP contribution in [0.25, 0.3) is 0 Å². The van der Waals surface area contributed by atoms with Crippen molar-refractivity contribution in [2.45, 2.75) is 70.6 Å². The van der Waals surface area contributed by atoms with Crippen LogP contribution in [-0.4, -0.2) is 49.0 Å². The average Bonchev–Trinajstić information content (AvgIpc) is 2.53. The van der Waals surface area contributed by atoms with Crippen LogP contribution in [-0.2, 0) is 9.47 Å². The van der Waals surface area contributed by atoms with Crippen molar-refractivity contribution in [3.8, 4) is 0 Å². The maximum atomic E-state index is 5.67. The maximum absolute atomic E-state index is 5.67. The summed E-state index contributed by atoms with van der Waals surface area (Å²) >= 11 is 0. The maximum Gasteiger partial charge on any atom is 0.0606 e. The molecule has 19 heavy (non-hydrogen) atoms. The molecule has 0 aromatic carbocycles. The topological polar surface area (TPSA) is 21.7 Å². The second-order valence-corrected chi connectivity index (χ2v) is 7.14. The Morgan fingerprint density at radius 3 is 2.26 bits per heavy atom. The molecule has 0 unspecified atom stereocenters. The number of nitrogens with zero attached hydrogens (tertiary/aromatic N) is 1. The van der Waals surface area contributed by atoms with Gasteiger partial charge in [0.25, 0.3) is 0 Å². The molecular weight excluding hydrogens is 238 g/mol. The highest BCUT2D eigenvalue weighted by Crippen LogP contribution is 2.51. The van der Waals surface area contributed by atoms with Gasteiger partial charge in [-0.05, 0) is 52.4 Å². The van der Waals surface area contributed by atoms with Crippen molar-refractivity contribution in [1.29, 1.82) is 0 Å². The molecular formula is C16H31NO2. The largest absolute Gasteiger partial charge is 0.381 e. The first kappa shape index (κ1) is 15.3. The Hall–Kier alpha value is -0.120. The van der Waals surface area contributed by atoms with Crippen molar-refractivity contribution in [2.24, 2.45) is 5.92 Å². The van der Waals surface area contributed by atoms with Crippen LogP contribution in [0.1, 0.15) is 53.4 Å². The lowest BCUT2D eigenvalue weighted by Gasteiger charge is -2.51. The van der Waals surface area contributed by atoms with Crippen molar-refractivity contribution in [2.75, 3.05) is 26.9 Å². The van der Waals surface area contributed by atoms with Crippen LogP contribution in [0.5, 0.6) is 0 Å². The minimum Gasteiger partial charge on any atom is -0.381 e. The second kappa shape index (κ2) is 5.71. The zero-order valence-corrected chi connectivity index (χ0v) is 13.4. The third kappa shape index (κ3) is 2.98. The summed E-state index contributed by atoms with van der Waals surface area (Å²) in [5.41, 5.74) is 0.655. The molecule has 0 spiro atoms. The molecule has 2 saturated heterocycles. The van der Waals surface area contributed by atoms with E-state index in [-0.39, 0.29) is 0 Å². The number of methoxy groups -OCH3 is 1. The molecule has 0 radical (unpaired) electrons. The number of ether oxygens (including phenoxy) is 2. The van der Waals surface area contributed by atoms with E-state index < -0.39 is 0 Å². The predicted octanol–water partition coefficient (Wildman–Crippen LogP) is 3.08. The van der Waals surface area contributed by atoms with Crippen molar-refractivity contribution in [3.63, 3.8) is 0 Å². The quantitative estimate of drug-likeness (QED) is 0.739. The molecule has 0 amide bonds. The monoisotopic (exact) mass is 269 g/mol. The Morgan fingerprint density at radius 1 is 1.21 bits per heavy atom. The lowest BCUT2D eigenvalue weighted by molar-refractivity contribution is -0.0762. The molecule has 2 rings (SSSR count). The van der Waals surface area contributed by atoms with E-state index in [0.29, 0.717) is 23.1 Å². The van der Waals surface area contributed by atoms with Crippen LogP contribution >= 0.6 is 0 Å². The van der Waals surface area contributed by atoms with E-state index in [2.05, 4.69) is 32.6 Å². The van der Waals surface area contributed by atoms with Crippen molar-refractivity contribution >= 4 is 0 Å². The molecule has 112 valence electrons. The molecule has 4 atom stereocenters. The molecule has 2 heterocycles. The Balaban J connectivity index is 2.04. The van der Waals surface area contributed by atoms with Gasteiger partial charge in [0.15, 0.2) is 0 Å². The van der Waals surface area contributed by atoms with Crippen LogP contribution in [0.15, 0.2) is 0 Å². The summed E-state index contributed by atoms with van der Waals surface area (Å²) in [6.07, 6.45) is 5.42. The summed E-state index contributed by atoms with van der Waals surface area (Å²) < 4.78 is 11.3. The third-order valence-electron chi connectivity index (χ3n) is 5.27. The molecule has 2 aliphatic heterocycles. The van der Waals surface area contributed by atoms with E-state index in [4.69, 9.17) is 9.47 Å². The zero-order valence-electron chi connectivity index (χ0n) is 13.4. The van der Waals surface area contributed by atoms with E-state index in [1.165, 1.54) is 25.7 Å². The Kier molecular flexibility index (Phi) is 4.59. The van der Waals surface area contributed by atoms with Gasteiger partial charge in [-0.2, -0.15) is 0 Å². The molecule has 3 nitrogen and oxygen atoms in total. The predicted molar refractivity (Wildman–Crippen MR) is 78.4 cm³/mol. The number of rotatable bonds is 6. The molecule has 0 aromatic heterocycles. The summed E-state index contributed by atoms with van der Waals surface area (Å²) in [6.45, 7) is 12.1. The fourth-order valence-electron chi connectivity index (χ4n) is 4.23. The summed E-state index contributed by atoms with van der Waals surface area (Å²) in [7, 11) is 1.87. The van der Waals surface area contributed by atoms with Crippen molar-refractivity contribution in [1.82, 2.24) is 4.90 Å². The lowest BCUT2D eigenvalue weighted by atomic mass is 9.83. The van der Waals surface area contributed by atoms with Crippen LogP contribution in [0.4, 0.5) is 0 Å². The summed E-state index contributed by atoms with van der Waals surface area (Å²) in [5, 5.41) is 0. The molecule has 3 heteroatoms. The molecule has 2 fully saturated rings. The second-order valence-electron chi connectivity index (χ2n) is 7.14. The number of piperidine rings is 1. The van der Waals surface area contributed by atoms with Crippen molar-refractivity contribution in [3.05, 3.63) is 0 Å². The minimum atomic E-state index is 0.328. The molecule has 0 aliphatic carbocycles. The fraction of sp³-hybridized carbons (Fsp3) is 1.00. The SMILES string of the molecule is CCOC[C@H](C)CN1[C@@]2(C)CC[C@]1(C)C[C@@H](OC)C2. The van der Waals surface area contributed by atoms with Gasteiger partial charge >= 0.3 is 0 Å². The van der Waals surface area contributed by atoms with E-state index in [0.717, 1.165) is 19.8 Å². The van der Waals surface area contributed by atoms with E-state index in [1.54, 1.807) is 0 Å². The fourth-order valence-corrected chi connectivity index (χ4v) is 4.23. The van der Waals surface area contributed by atoms with E-state index in [1.807, 2.05) is 7.11 Å². The third-order valence-corrected chi connectivity index (χ3v) is 5.27. The van der Waals surface area contributed by atoms with E-state index >= 15 is 0 Å². The first-order valence-electron chi connectivity index (χ1n) is 7.82. The highest BCUT2D eigenvalue weighted by Gasteiger charge is 2.55.